The summed E-state index contributed by atoms with van der Waals surface area (Å²) in [5.41, 5.74) is -1.88. The zero-order valence-corrected chi connectivity index (χ0v) is 7.78. The largest absolute Gasteiger partial charge is 0.473 e. The second-order valence-electron chi connectivity index (χ2n) is 3.71. The van der Waals surface area contributed by atoms with Crippen LogP contribution in [0.25, 0.3) is 0 Å². The predicted octanol–water partition coefficient (Wildman–Crippen LogP) is 1.71. The summed E-state index contributed by atoms with van der Waals surface area (Å²) < 4.78 is 57.9. The van der Waals surface area contributed by atoms with Gasteiger partial charge in [0.15, 0.2) is 0 Å². The molecule has 0 aromatic rings. The van der Waals surface area contributed by atoms with Crippen molar-refractivity contribution in [2.45, 2.75) is 44.4 Å². The van der Waals surface area contributed by atoms with Crippen LogP contribution in [0.2, 0.25) is 0 Å². The molecule has 0 bridgehead atoms. The fourth-order valence-electron chi connectivity index (χ4n) is 0.956. The van der Waals surface area contributed by atoms with Gasteiger partial charge in [0.1, 0.15) is 5.60 Å². The lowest BCUT2D eigenvalue weighted by molar-refractivity contribution is -0.454. The Morgan fingerprint density at radius 2 is 1.50 bits per heavy atom. The third-order valence-corrected chi connectivity index (χ3v) is 2.16. The van der Waals surface area contributed by atoms with Crippen molar-refractivity contribution in [1.29, 1.82) is 0 Å². The van der Waals surface area contributed by atoms with E-state index in [4.69, 9.17) is 5.11 Å². The summed E-state index contributed by atoms with van der Waals surface area (Å²) in [5, 5.41) is 8.89. The molecule has 1 rings (SSSR count). The van der Waals surface area contributed by atoms with Crippen molar-refractivity contribution in [1.82, 2.24) is 0 Å². The van der Waals surface area contributed by atoms with Crippen LogP contribution in [-0.2, 0) is 9.47 Å². The molecule has 1 heterocycles. The van der Waals surface area contributed by atoms with Gasteiger partial charge in [-0.1, -0.05) is 0 Å². The van der Waals surface area contributed by atoms with Crippen LogP contribution in [-0.4, -0.2) is 28.7 Å². The fraction of sp³-hybridized carbons (Fsp3) is 1.00. The molecular formula is C7H10F4O3. The first kappa shape index (κ1) is 11.7. The molecule has 1 N–H and O–H groups in total. The summed E-state index contributed by atoms with van der Waals surface area (Å²) in [6.45, 7) is 2.87. The molecule has 0 aromatic carbocycles. The predicted molar refractivity (Wildman–Crippen MR) is 36.8 cm³/mol. The van der Waals surface area contributed by atoms with Gasteiger partial charge in [0, 0.05) is 0 Å². The summed E-state index contributed by atoms with van der Waals surface area (Å²) in [5.74, 6) is -6.59. The normalized spacial score (nSPS) is 42.9. The van der Waals surface area contributed by atoms with E-state index >= 15 is 0 Å². The van der Waals surface area contributed by atoms with Crippen LogP contribution in [0.4, 0.5) is 17.6 Å². The Morgan fingerprint density at radius 3 is 1.64 bits per heavy atom. The van der Waals surface area contributed by atoms with Crippen LogP contribution >= 0.6 is 0 Å². The van der Waals surface area contributed by atoms with Gasteiger partial charge >= 0.3 is 12.1 Å². The maximum absolute atomic E-state index is 13.4. The molecule has 0 aromatic heterocycles. The number of halogens is 4. The summed E-state index contributed by atoms with van der Waals surface area (Å²) >= 11 is 0. The molecule has 7 heteroatoms. The Bertz CT molecular complexity index is 230. The molecule has 2 atom stereocenters. The van der Waals surface area contributed by atoms with Gasteiger partial charge in [-0.2, -0.15) is 13.2 Å². The lowest BCUT2D eigenvalue weighted by Gasteiger charge is -2.25. The quantitative estimate of drug-likeness (QED) is 0.629. The fourth-order valence-corrected chi connectivity index (χ4v) is 0.956. The highest BCUT2D eigenvalue weighted by Crippen LogP contribution is 2.49. The lowest BCUT2D eigenvalue weighted by atomic mass is 10.0. The molecule has 0 radical (unpaired) electrons. The highest BCUT2D eigenvalue weighted by atomic mass is 19.4. The molecule has 84 valence electrons. The first-order valence-corrected chi connectivity index (χ1v) is 3.80. The standard InChI is InChI=1S/C7H10F4O3/c1-4(2)5(3,8)14-7(12,13-4)6(9,10)11/h12H,1-3H3. The van der Waals surface area contributed by atoms with Crippen LogP contribution in [0.15, 0.2) is 0 Å². The number of hydrogen-bond donors (Lipinski definition) is 1. The minimum Gasteiger partial charge on any atom is -0.336 e. The molecule has 0 amide bonds. The van der Waals surface area contributed by atoms with Crippen molar-refractivity contribution in [3.05, 3.63) is 0 Å². The summed E-state index contributed by atoms with van der Waals surface area (Å²) in [6, 6.07) is 0. The van der Waals surface area contributed by atoms with Gasteiger partial charge in [-0.15, -0.1) is 0 Å². The number of hydrogen-bond acceptors (Lipinski definition) is 3. The maximum Gasteiger partial charge on any atom is 0.473 e. The van der Waals surface area contributed by atoms with Gasteiger partial charge in [0.05, 0.1) is 0 Å². The average molecular weight is 218 g/mol. The van der Waals surface area contributed by atoms with E-state index in [1.54, 1.807) is 0 Å². The van der Waals surface area contributed by atoms with Crippen molar-refractivity contribution in [2.24, 2.45) is 0 Å². The summed E-state index contributed by atoms with van der Waals surface area (Å²) in [7, 11) is 0. The van der Waals surface area contributed by atoms with Crippen molar-refractivity contribution in [2.75, 3.05) is 0 Å². The van der Waals surface area contributed by atoms with Crippen molar-refractivity contribution < 1.29 is 32.1 Å². The number of ether oxygens (including phenoxy) is 2. The van der Waals surface area contributed by atoms with E-state index < -0.39 is 23.6 Å². The minimum atomic E-state index is -5.20. The van der Waals surface area contributed by atoms with Crippen molar-refractivity contribution >= 4 is 0 Å². The number of aliphatic hydroxyl groups is 1. The molecule has 0 aliphatic carbocycles. The van der Waals surface area contributed by atoms with Gasteiger partial charge < -0.3 is 9.84 Å². The molecule has 0 spiro atoms. The van der Waals surface area contributed by atoms with E-state index in [1.807, 2.05) is 0 Å². The van der Waals surface area contributed by atoms with E-state index in [9.17, 15) is 17.6 Å². The summed E-state index contributed by atoms with van der Waals surface area (Å²) in [4.78, 5) is 0. The first-order valence-electron chi connectivity index (χ1n) is 3.80. The Kier molecular flexibility index (Phi) is 2.16. The van der Waals surface area contributed by atoms with Gasteiger partial charge in [0.2, 0.25) is 5.85 Å². The Labute approximate surface area is 77.6 Å². The van der Waals surface area contributed by atoms with Gasteiger partial charge in [-0.25, -0.2) is 4.39 Å². The molecule has 3 nitrogen and oxygen atoms in total. The van der Waals surface area contributed by atoms with Gasteiger partial charge in [0.25, 0.3) is 0 Å². The number of alkyl halides is 4. The number of rotatable bonds is 0. The second-order valence-corrected chi connectivity index (χ2v) is 3.71. The molecule has 1 saturated heterocycles. The molecule has 14 heavy (non-hydrogen) atoms. The minimum absolute atomic E-state index is 0.761. The molecule has 1 aliphatic rings. The smallest absolute Gasteiger partial charge is 0.336 e. The third-order valence-electron chi connectivity index (χ3n) is 2.16. The highest BCUT2D eigenvalue weighted by molar-refractivity contribution is 4.94. The lowest BCUT2D eigenvalue weighted by Crippen LogP contribution is -2.47. The second kappa shape index (κ2) is 2.59. The summed E-state index contributed by atoms with van der Waals surface area (Å²) in [6.07, 6.45) is -5.20. The Morgan fingerprint density at radius 1 is 1.07 bits per heavy atom. The van der Waals surface area contributed by atoms with Crippen molar-refractivity contribution in [3.63, 3.8) is 0 Å². The van der Waals surface area contributed by atoms with Crippen LogP contribution in [0.1, 0.15) is 20.8 Å². The molecule has 1 aliphatic heterocycles. The van der Waals surface area contributed by atoms with Crippen LogP contribution in [0, 0.1) is 0 Å². The topological polar surface area (TPSA) is 38.7 Å². The molecule has 0 saturated carbocycles. The van der Waals surface area contributed by atoms with Crippen LogP contribution in [0.3, 0.4) is 0 Å². The average Bonchev–Trinajstić information content (AvgIpc) is 1.95. The zero-order valence-electron chi connectivity index (χ0n) is 7.78. The van der Waals surface area contributed by atoms with Crippen LogP contribution in [0.5, 0.6) is 0 Å². The van der Waals surface area contributed by atoms with E-state index in [1.165, 1.54) is 0 Å². The molecular weight excluding hydrogens is 208 g/mol. The SMILES string of the molecule is CC1(C)OC(O)(C(F)(F)F)OC1(C)F. The van der Waals surface area contributed by atoms with E-state index in [2.05, 4.69) is 9.47 Å². The van der Waals surface area contributed by atoms with E-state index in [0.29, 0.717) is 0 Å². The van der Waals surface area contributed by atoms with Crippen LogP contribution < -0.4 is 0 Å². The van der Waals surface area contributed by atoms with E-state index in [0.717, 1.165) is 20.8 Å². The maximum atomic E-state index is 13.4. The van der Waals surface area contributed by atoms with Gasteiger partial charge in [-0.3, -0.25) is 4.74 Å². The highest BCUT2D eigenvalue weighted by Gasteiger charge is 2.71. The Hall–Kier alpha value is -0.400. The molecule has 1 fully saturated rings. The van der Waals surface area contributed by atoms with Gasteiger partial charge in [-0.05, 0) is 20.8 Å². The van der Waals surface area contributed by atoms with E-state index in [-0.39, 0.29) is 0 Å². The van der Waals surface area contributed by atoms with Crippen molar-refractivity contribution in [3.8, 4) is 0 Å². The molecule has 2 unspecified atom stereocenters. The Balaban J connectivity index is 3.03. The zero-order chi connectivity index (χ0) is 11.4. The first-order chi connectivity index (χ1) is 5.91. The monoisotopic (exact) mass is 218 g/mol. The third kappa shape index (κ3) is 1.49.